The van der Waals surface area contributed by atoms with Gasteiger partial charge < -0.3 is 0 Å². The summed E-state index contributed by atoms with van der Waals surface area (Å²) in [5.41, 5.74) is 14.6. The zero-order valence-electron chi connectivity index (χ0n) is 33.8. The molecule has 274 valence electrons. The SMILES string of the molecule is CCc1cc2c(-c3ccccc3CC)c(C(C)(C)C)ccc2[cH-]1.CCc1cc2c(-c3ccccc3CC)c(C(C)(C)C)ccc2[cH-]1.C[Si]C.[Cl][Zr+2][Cl]. The standard InChI is InChI=1S/2C23H27.C2H6Si.2ClH.Zr/c2*1-6-16-14-18-12-13-21(23(3,4)5)22(20(18)15-16)19-11-9-8-10-17(19)7-2;1-3-2;;;/h2*8-15H,6-7H2,1-5H3;1-2H3;2*1H;/q2*-1;;;;+4/p-2. The Labute approximate surface area is 338 Å². The molecule has 0 unspecified atom stereocenters. The van der Waals surface area contributed by atoms with Crippen molar-refractivity contribution in [2.75, 3.05) is 0 Å². The van der Waals surface area contributed by atoms with E-state index in [0.29, 0.717) is 0 Å². The van der Waals surface area contributed by atoms with Crippen molar-refractivity contribution < 1.29 is 20.8 Å². The number of fused-ring (bicyclic) bond motifs is 2. The Morgan fingerprint density at radius 2 is 0.865 bits per heavy atom. The average Bonchev–Trinajstić information content (AvgIpc) is 3.75. The van der Waals surface area contributed by atoms with Gasteiger partial charge in [0.05, 0.1) is 0 Å². The van der Waals surface area contributed by atoms with Crippen LogP contribution in [0.5, 0.6) is 0 Å². The maximum atomic E-state index is 4.93. The normalized spacial score (nSPS) is 11.2. The molecule has 0 atom stereocenters. The summed E-state index contributed by atoms with van der Waals surface area (Å²) in [6, 6.07) is 36.5. The first kappa shape index (κ1) is 44.2. The second-order valence-corrected chi connectivity index (χ2v) is 20.2. The molecule has 0 aliphatic rings. The van der Waals surface area contributed by atoms with Crippen LogP contribution in [-0.2, 0) is 57.4 Å². The van der Waals surface area contributed by atoms with Gasteiger partial charge in [-0.25, -0.2) is 0 Å². The molecule has 0 spiro atoms. The maximum absolute atomic E-state index is 4.93. The monoisotopic (exact) mass is 824 g/mol. The van der Waals surface area contributed by atoms with Crippen LogP contribution in [0.3, 0.4) is 0 Å². The predicted molar refractivity (Wildman–Crippen MR) is 234 cm³/mol. The summed E-state index contributed by atoms with van der Waals surface area (Å²) in [4.78, 5) is 0. The molecule has 0 heterocycles. The summed E-state index contributed by atoms with van der Waals surface area (Å²) < 4.78 is 0. The Morgan fingerprint density at radius 1 is 0.538 bits per heavy atom. The summed E-state index contributed by atoms with van der Waals surface area (Å²) in [6.07, 6.45) is 4.32. The number of aryl methyl sites for hydroxylation is 4. The average molecular weight is 827 g/mol. The van der Waals surface area contributed by atoms with Gasteiger partial charge in [-0.3, -0.25) is 0 Å². The van der Waals surface area contributed by atoms with Gasteiger partial charge in [-0.15, -0.1) is 69.1 Å². The zero-order chi connectivity index (χ0) is 38.6. The van der Waals surface area contributed by atoms with Crippen LogP contribution in [0.25, 0.3) is 43.8 Å². The van der Waals surface area contributed by atoms with Crippen molar-refractivity contribution in [1.29, 1.82) is 0 Å². The molecule has 0 fully saturated rings. The Balaban J connectivity index is 0.000000244. The molecule has 2 radical (unpaired) electrons. The van der Waals surface area contributed by atoms with Crippen LogP contribution >= 0.6 is 17.0 Å². The molecule has 6 aromatic rings. The first-order valence-electron chi connectivity index (χ1n) is 18.9. The van der Waals surface area contributed by atoms with Crippen LogP contribution in [0.1, 0.15) is 103 Å². The quantitative estimate of drug-likeness (QED) is 0.116. The van der Waals surface area contributed by atoms with E-state index in [1.807, 2.05) is 0 Å². The van der Waals surface area contributed by atoms with Crippen LogP contribution in [0, 0.1) is 0 Å². The molecule has 0 saturated carbocycles. The second-order valence-electron chi connectivity index (χ2n) is 15.5. The molecule has 0 nitrogen and oxygen atoms in total. The third-order valence-electron chi connectivity index (χ3n) is 9.67. The van der Waals surface area contributed by atoms with Gasteiger partial charge in [0.1, 0.15) is 0 Å². The van der Waals surface area contributed by atoms with Gasteiger partial charge in [0.25, 0.3) is 0 Å². The van der Waals surface area contributed by atoms with Gasteiger partial charge in [-0.05, 0) is 58.8 Å². The van der Waals surface area contributed by atoms with Gasteiger partial charge >= 0.3 is 37.9 Å². The summed E-state index contributed by atoms with van der Waals surface area (Å²) >= 11 is -0.826. The van der Waals surface area contributed by atoms with Crippen molar-refractivity contribution in [3.05, 3.63) is 130 Å². The van der Waals surface area contributed by atoms with Crippen molar-refractivity contribution in [2.24, 2.45) is 0 Å². The van der Waals surface area contributed by atoms with E-state index < -0.39 is 20.8 Å². The Hall–Kier alpha value is -2.22. The first-order chi connectivity index (χ1) is 24.7. The van der Waals surface area contributed by atoms with Crippen LogP contribution in [0.4, 0.5) is 0 Å². The number of halogens is 2. The van der Waals surface area contributed by atoms with E-state index >= 15 is 0 Å². The Bertz CT molecular complexity index is 1850. The number of hydrogen-bond donors (Lipinski definition) is 0. The molecule has 0 saturated heterocycles. The van der Waals surface area contributed by atoms with E-state index in [0.717, 1.165) is 35.2 Å². The van der Waals surface area contributed by atoms with Crippen molar-refractivity contribution in [2.45, 2.75) is 119 Å². The minimum atomic E-state index is -0.826. The van der Waals surface area contributed by atoms with Crippen molar-refractivity contribution in [3.8, 4) is 22.3 Å². The first-order valence-corrected chi connectivity index (χ1v) is 27.2. The van der Waals surface area contributed by atoms with E-state index in [9.17, 15) is 0 Å². The van der Waals surface area contributed by atoms with Crippen molar-refractivity contribution in [3.63, 3.8) is 0 Å². The van der Waals surface area contributed by atoms with E-state index in [-0.39, 0.29) is 10.8 Å². The number of rotatable bonds is 6. The fourth-order valence-corrected chi connectivity index (χ4v) is 7.07. The molecule has 0 aliphatic heterocycles. The summed E-state index contributed by atoms with van der Waals surface area (Å²) in [5.74, 6) is 0. The zero-order valence-corrected chi connectivity index (χ0v) is 38.8. The van der Waals surface area contributed by atoms with Crippen LogP contribution in [0.15, 0.2) is 97.1 Å². The molecule has 0 aromatic heterocycles. The molecule has 0 N–H and O–H groups in total. The summed E-state index contributed by atoms with van der Waals surface area (Å²) in [5, 5.41) is 5.57. The van der Waals surface area contributed by atoms with Gasteiger partial charge in [-0.2, -0.15) is 12.1 Å². The van der Waals surface area contributed by atoms with E-state index in [1.165, 1.54) is 77.2 Å². The van der Waals surface area contributed by atoms with Crippen LogP contribution < -0.4 is 0 Å². The van der Waals surface area contributed by atoms with Gasteiger partial charge in [0.15, 0.2) is 0 Å². The third kappa shape index (κ3) is 10.9. The van der Waals surface area contributed by atoms with Gasteiger partial charge in [0.2, 0.25) is 0 Å². The van der Waals surface area contributed by atoms with Gasteiger partial charge in [0, 0.05) is 9.52 Å². The molecule has 52 heavy (non-hydrogen) atoms. The Kier molecular flexibility index (Phi) is 17.4. The molecule has 0 bridgehead atoms. The van der Waals surface area contributed by atoms with Crippen LogP contribution in [0.2, 0.25) is 13.1 Å². The Morgan fingerprint density at radius 3 is 1.15 bits per heavy atom. The molecule has 6 rings (SSSR count). The second kappa shape index (κ2) is 20.5. The number of benzene rings is 4. The molecule has 0 amide bonds. The number of hydrogen-bond acceptors (Lipinski definition) is 0. The molecule has 0 aliphatic carbocycles. The molecule has 4 heteroatoms. The van der Waals surface area contributed by atoms with Gasteiger partial charge in [-0.1, -0.05) is 153 Å². The van der Waals surface area contributed by atoms with E-state index in [4.69, 9.17) is 17.0 Å². The fourth-order valence-electron chi connectivity index (χ4n) is 7.07. The van der Waals surface area contributed by atoms with Crippen molar-refractivity contribution >= 4 is 48.1 Å². The summed E-state index contributed by atoms with van der Waals surface area (Å²) in [6.45, 7) is 27.2. The summed E-state index contributed by atoms with van der Waals surface area (Å²) in [7, 11) is 11.0. The van der Waals surface area contributed by atoms with E-state index in [1.54, 1.807) is 0 Å². The molecular weight excluding hydrogens is 767 g/mol. The molecular formula is C48H60Cl2SiZr. The van der Waals surface area contributed by atoms with Crippen LogP contribution in [-0.4, -0.2) is 9.52 Å². The van der Waals surface area contributed by atoms with E-state index in [2.05, 4.69) is 179 Å². The molecule has 6 aromatic carbocycles. The predicted octanol–water partition coefficient (Wildman–Crippen LogP) is 15.5. The minimum absolute atomic E-state index is 0.133. The van der Waals surface area contributed by atoms with Crippen molar-refractivity contribution in [1.82, 2.24) is 0 Å². The third-order valence-corrected chi connectivity index (χ3v) is 9.67. The fraction of sp³-hybridized carbons (Fsp3) is 0.375. The topological polar surface area (TPSA) is 0 Å².